The number of nitrogens with one attached hydrogen (secondary N) is 1. The Kier molecular flexibility index (Phi) is 7.64. The highest BCUT2D eigenvalue weighted by atomic mass is 32.2. The van der Waals surface area contributed by atoms with E-state index in [1.807, 2.05) is 25.1 Å². The van der Waals surface area contributed by atoms with Crippen molar-refractivity contribution in [3.63, 3.8) is 0 Å². The van der Waals surface area contributed by atoms with Crippen molar-refractivity contribution in [1.82, 2.24) is 14.6 Å². The molecule has 1 aromatic heterocycles. The molecule has 3 rings (SSSR count). The fourth-order valence-electron chi connectivity index (χ4n) is 3.29. The molecule has 1 amide bonds. The van der Waals surface area contributed by atoms with Gasteiger partial charge in [0.2, 0.25) is 10.0 Å². The number of nitrogens with zero attached hydrogens (tertiary/aromatic N) is 3. The number of benzene rings is 1. The third-order valence-electron chi connectivity index (χ3n) is 4.90. The number of rotatable bonds is 9. The molecule has 1 aromatic carbocycles. The topological polar surface area (TPSA) is 91.8 Å². The maximum absolute atomic E-state index is 12.6. The molecule has 1 aliphatic rings. The largest absolute Gasteiger partial charge is 0.494 e. The molecular formula is C21H28N4O4S. The van der Waals surface area contributed by atoms with Crippen LogP contribution in [0.4, 0.5) is 5.82 Å². The maximum Gasteiger partial charge on any atom is 0.251 e. The molecule has 162 valence electrons. The van der Waals surface area contributed by atoms with Crippen LogP contribution < -0.4 is 15.0 Å². The molecule has 2 aromatic rings. The van der Waals surface area contributed by atoms with Gasteiger partial charge in [0.25, 0.3) is 5.91 Å². The average molecular weight is 433 g/mol. The van der Waals surface area contributed by atoms with Crippen molar-refractivity contribution in [2.45, 2.75) is 13.3 Å². The summed E-state index contributed by atoms with van der Waals surface area (Å²) in [5, 5.41) is 2.78. The third-order valence-corrected chi connectivity index (χ3v) is 6.85. The summed E-state index contributed by atoms with van der Waals surface area (Å²) in [6, 6.07) is 12.6. The summed E-state index contributed by atoms with van der Waals surface area (Å²) in [5.41, 5.74) is 0.520. The molecule has 1 aliphatic heterocycles. The van der Waals surface area contributed by atoms with Crippen molar-refractivity contribution in [2.75, 3.05) is 50.0 Å². The van der Waals surface area contributed by atoms with E-state index in [9.17, 15) is 13.2 Å². The molecule has 0 spiro atoms. The third kappa shape index (κ3) is 5.93. The second-order valence-electron chi connectivity index (χ2n) is 6.96. The Hall–Kier alpha value is -2.65. The summed E-state index contributed by atoms with van der Waals surface area (Å²) in [6.45, 7) is 4.89. The second kappa shape index (κ2) is 10.4. The number of sulfonamides is 1. The number of pyridine rings is 1. The number of hydrogen-bond donors (Lipinski definition) is 1. The van der Waals surface area contributed by atoms with Gasteiger partial charge in [-0.3, -0.25) is 4.79 Å². The van der Waals surface area contributed by atoms with E-state index >= 15 is 0 Å². The lowest BCUT2D eigenvalue weighted by Crippen LogP contribution is -2.49. The smallest absolute Gasteiger partial charge is 0.251 e. The molecule has 1 N–H and O–H groups in total. The van der Waals surface area contributed by atoms with Crippen molar-refractivity contribution in [1.29, 1.82) is 0 Å². The van der Waals surface area contributed by atoms with E-state index in [1.165, 1.54) is 4.31 Å². The molecule has 1 fully saturated rings. The van der Waals surface area contributed by atoms with Gasteiger partial charge in [0.05, 0.1) is 12.4 Å². The van der Waals surface area contributed by atoms with Crippen LogP contribution in [0.2, 0.25) is 0 Å². The van der Waals surface area contributed by atoms with Crippen LogP contribution in [0, 0.1) is 0 Å². The summed E-state index contributed by atoms with van der Waals surface area (Å²) >= 11 is 0. The van der Waals surface area contributed by atoms with Crippen LogP contribution in [0.15, 0.2) is 48.7 Å². The van der Waals surface area contributed by atoms with E-state index < -0.39 is 10.0 Å². The molecule has 0 unspecified atom stereocenters. The number of aromatic nitrogens is 1. The van der Waals surface area contributed by atoms with Crippen LogP contribution in [0.1, 0.15) is 23.7 Å². The summed E-state index contributed by atoms with van der Waals surface area (Å²) in [6.07, 6.45) is 2.10. The Morgan fingerprint density at radius 1 is 1.10 bits per heavy atom. The Morgan fingerprint density at radius 3 is 2.47 bits per heavy atom. The van der Waals surface area contributed by atoms with Crippen LogP contribution in [0.5, 0.6) is 5.75 Å². The van der Waals surface area contributed by atoms with E-state index in [2.05, 4.69) is 15.2 Å². The van der Waals surface area contributed by atoms with E-state index in [-0.39, 0.29) is 11.7 Å². The van der Waals surface area contributed by atoms with Gasteiger partial charge in [-0.1, -0.05) is 6.07 Å². The predicted molar refractivity (Wildman–Crippen MR) is 116 cm³/mol. The van der Waals surface area contributed by atoms with Gasteiger partial charge in [0.15, 0.2) is 0 Å². The van der Waals surface area contributed by atoms with Crippen molar-refractivity contribution >= 4 is 21.7 Å². The molecule has 0 saturated carbocycles. The van der Waals surface area contributed by atoms with Gasteiger partial charge in [0.1, 0.15) is 11.6 Å². The standard InChI is InChI=1S/C21H28N4O4S/c1-2-29-19-9-7-18(8-10-19)21(26)23-12-5-17-30(27,28)25-15-13-24(14-16-25)20-6-3-4-11-22-20/h3-4,6-11H,2,5,12-17H2,1H3,(H,23,26). The minimum absolute atomic E-state index is 0.0140. The Labute approximate surface area is 177 Å². The van der Waals surface area contributed by atoms with Gasteiger partial charge in [-0.15, -0.1) is 0 Å². The number of amides is 1. The predicted octanol–water partition coefficient (Wildman–Crippen LogP) is 1.75. The zero-order valence-electron chi connectivity index (χ0n) is 17.2. The van der Waals surface area contributed by atoms with Crippen molar-refractivity contribution < 1.29 is 17.9 Å². The Morgan fingerprint density at radius 2 is 1.83 bits per heavy atom. The van der Waals surface area contributed by atoms with Gasteiger partial charge >= 0.3 is 0 Å². The molecule has 30 heavy (non-hydrogen) atoms. The average Bonchev–Trinajstić information content (AvgIpc) is 2.78. The Bertz CT molecular complexity index is 912. The van der Waals surface area contributed by atoms with Gasteiger partial charge in [-0.05, 0) is 49.7 Å². The van der Waals surface area contributed by atoms with Crippen LogP contribution in [-0.4, -0.2) is 68.7 Å². The lowest BCUT2D eigenvalue weighted by molar-refractivity contribution is 0.0953. The number of piperazine rings is 1. The number of hydrogen-bond acceptors (Lipinski definition) is 6. The van der Waals surface area contributed by atoms with Crippen LogP contribution in [0.3, 0.4) is 0 Å². The highest BCUT2D eigenvalue weighted by molar-refractivity contribution is 7.89. The first-order chi connectivity index (χ1) is 14.5. The van der Waals surface area contributed by atoms with Crippen LogP contribution >= 0.6 is 0 Å². The highest BCUT2D eigenvalue weighted by Crippen LogP contribution is 2.15. The Balaban J connectivity index is 1.40. The summed E-state index contributed by atoms with van der Waals surface area (Å²) in [5.74, 6) is 1.37. The number of anilines is 1. The molecule has 0 atom stereocenters. The van der Waals surface area contributed by atoms with Crippen molar-refractivity contribution in [2.24, 2.45) is 0 Å². The van der Waals surface area contributed by atoms with Crippen LogP contribution in [-0.2, 0) is 10.0 Å². The minimum Gasteiger partial charge on any atom is -0.494 e. The van der Waals surface area contributed by atoms with E-state index in [0.29, 0.717) is 57.1 Å². The van der Waals surface area contributed by atoms with E-state index in [1.54, 1.807) is 30.5 Å². The number of ether oxygens (including phenoxy) is 1. The van der Waals surface area contributed by atoms with Gasteiger partial charge in [-0.2, -0.15) is 4.31 Å². The first kappa shape index (κ1) is 22.0. The summed E-state index contributed by atoms with van der Waals surface area (Å²) < 4.78 is 32.1. The quantitative estimate of drug-likeness (QED) is 0.607. The van der Waals surface area contributed by atoms with Gasteiger partial charge in [0, 0.05) is 44.5 Å². The van der Waals surface area contributed by atoms with Crippen molar-refractivity contribution in [3.05, 3.63) is 54.2 Å². The molecule has 0 radical (unpaired) electrons. The number of carbonyl (C=O) groups is 1. The molecule has 2 heterocycles. The lowest BCUT2D eigenvalue weighted by Gasteiger charge is -2.34. The lowest BCUT2D eigenvalue weighted by atomic mass is 10.2. The molecular weight excluding hydrogens is 404 g/mol. The second-order valence-corrected chi connectivity index (χ2v) is 9.05. The molecule has 0 bridgehead atoms. The minimum atomic E-state index is -3.35. The van der Waals surface area contributed by atoms with Gasteiger partial charge < -0.3 is 15.0 Å². The fraction of sp³-hybridized carbons (Fsp3) is 0.429. The van der Waals surface area contributed by atoms with Gasteiger partial charge in [-0.25, -0.2) is 13.4 Å². The molecule has 0 aliphatic carbocycles. The zero-order valence-corrected chi connectivity index (χ0v) is 18.0. The zero-order chi connectivity index (χ0) is 21.4. The monoisotopic (exact) mass is 432 g/mol. The first-order valence-corrected chi connectivity index (χ1v) is 11.8. The molecule has 1 saturated heterocycles. The molecule has 9 heteroatoms. The summed E-state index contributed by atoms with van der Waals surface area (Å²) in [4.78, 5) is 18.6. The van der Waals surface area contributed by atoms with E-state index in [4.69, 9.17) is 4.74 Å². The summed E-state index contributed by atoms with van der Waals surface area (Å²) in [7, 11) is -3.35. The normalized spacial score (nSPS) is 15.0. The van der Waals surface area contributed by atoms with E-state index in [0.717, 1.165) is 5.82 Å². The first-order valence-electron chi connectivity index (χ1n) is 10.1. The van der Waals surface area contributed by atoms with Crippen molar-refractivity contribution in [3.8, 4) is 5.75 Å². The maximum atomic E-state index is 12.6. The number of carbonyl (C=O) groups excluding carboxylic acids is 1. The highest BCUT2D eigenvalue weighted by Gasteiger charge is 2.26. The fourth-order valence-corrected chi connectivity index (χ4v) is 4.78. The molecule has 8 nitrogen and oxygen atoms in total. The SMILES string of the molecule is CCOc1ccc(C(=O)NCCCS(=O)(=O)N2CCN(c3ccccn3)CC2)cc1. The van der Waals surface area contributed by atoms with Crippen LogP contribution in [0.25, 0.3) is 0 Å².